The van der Waals surface area contributed by atoms with Crippen LogP contribution >= 0.6 is 0 Å². The largest absolute Gasteiger partial charge is 0.331 e. The summed E-state index contributed by atoms with van der Waals surface area (Å²) in [6.45, 7) is 9.79. The molecule has 60 valence electrons. The quantitative estimate of drug-likeness (QED) is 0.566. The molecule has 0 saturated heterocycles. The SMILES string of the molecule is CC.CCN.CCNC. The van der Waals surface area contributed by atoms with E-state index in [2.05, 4.69) is 12.2 Å². The number of rotatable bonds is 1. The summed E-state index contributed by atoms with van der Waals surface area (Å²) in [6, 6.07) is 0. The van der Waals surface area contributed by atoms with E-state index in [0.29, 0.717) is 0 Å². The van der Waals surface area contributed by atoms with Gasteiger partial charge in [-0.3, -0.25) is 0 Å². The molecular weight excluding hydrogens is 112 g/mol. The summed E-state index contributed by atoms with van der Waals surface area (Å²) in [7, 11) is 1.93. The Bertz CT molecular complexity index is 14.4. The first kappa shape index (κ1) is 16.0. The fraction of sp³-hybridized carbons (Fsp3) is 1.00. The molecule has 0 rings (SSSR count). The fourth-order valence-electron chi connectivity index (χ4n) is 0. The Labute approximate surface area is 59.8 Å². The van der Waals surface area contributed by atoms with Gasteiger partial charge in [0, 0.05) is 0 Å². The first-order valence-electron chi connectivity index (χ1n) is 3.68. The van der Waals surface area contributed by atoms with Crippen molar-refractivity contribution in [1.29, 1.82) is 0 Å². The Balaban J connectivity index is -0.0000000646. The van der Waals surface area contributed by atoms with Crippen LogP contribution in [0.15, 0.2) is 0 Å². The molecular formula is C7H22N2. The minimum atomic E-state index is 0.750. The lowest BCUT2D eigenvalue weighted by atomic mass is 10.8. The number of nitrogens with two attached hydrogens (primary N) is 1. The van der Waals surface area contributed by atoms with Crippen LogP contribution in [0.1, 0.15) is 27.7 Å². The lowest BCUT2D eigenvalue weighted by Gasteiger charge is -1.76. The van der Waals surface area contributed by atoms with Crippen molar-refractivity contribution in [3.05, 3.63) is 0 Å². The van der Waals surface area contributed by atoms with E-state index in [-0.39, 0.29) is 0 Å². The summed E-state index contributed by atoms with van der Waals surface area (Å²) < 4.78 is 0. The zero-order chi connectivity index (χ0) is 8.12. The second-order valence-electron chi connectivity index (χ2n) is 1.12. The molecule has 2 nitrogen and oxygen atoms in total. The molecule has 0 aromatic rings. The van der Waals surface area contributed by atoms with Gasteiger partial charge in [-0.2, -0.15) is 0 Å². The predicted molar refractivity (Wildman–Crippen MR) is 45.7 cm³/mol. The average molecular weight is 134 g/mol. The van der Waals surface area contributed by atoms with Gasteiger partial charge in [-0.1, -0.05) is 27.7 Å². The van der Waals surface area contributed by atoms with Crippen LogP contribution in [0, 0.1) is 0 Å². The lowest BCUT2D eigenvalue weighted by Crippen LogP contribution is -2.01. The van der Waals surface area contributed by atoms with Crippen molar-refractivity contribution in [1.82, 2.24) is 5.32 Å². The Morgan fingerprint density at radius 3 is 1.33 bits per heavy atom. The summed E-state index contributed by atoms with van der Waals surface area (Å²) in [5, 5.41) is 2.93. The van der Waals surface area contributed by atoms with E-state index in [1.807, 2.05) is 27.8 Å². The summed E-state index contributed by atoms with van der Waals surface area (Å²) >= 11 is 0. The van der Waals surface area contributed by atoms with E-state index in [1.165, 1.54) is 0 Å². The highest BCUT2D eigenvalue weighted by molar-refractivity contribution is 4.15. The summed E-state index contributed by atoms with van der Waals surface area (Å²) in [4.78, 5) is 0. The van der Waals surface area contributed by atoms with E-state index in [1.54, 1.807) is 0 Å². The molecule has 0 fully saturated rings. The Kier molecular flexibility index (Phi) is 78.9. The Morgan fingerprint density at radius 1 is 1.22 bits per heavy atom. The summed E-state index contributed by atoms with van der Waals surface area (Å²) in [6.07, 6.45) is 0. The van der Waals surface area contributed by atoms with E-state index < -0.39 is 0 Å². The minimum absolute atomic E-state index is 0.750. The van der Waals surface area contributed by atoms with E-state index >= 15 is 0 Å². The van der Waals surface area contributed by atoms with Crippen LogP contribution in [0.3, 0.4) is 0 Å². The van der Waals surface area contributed by atoms with Crippen LogP contribution in [0.2, 0.25) is 0 Å². The molecule has 0 radical (unpaired) electrons. The second kappa shape index (κ2) is 44.5. The van der Waals surface area contributed by atoms with Crippen LogP contribution in [0.5, 0.6) is 0 Å². The maximum absolute atomic E-state index is 4.85. The van der Waals surface area contributed by atoms with Gasteiger partial charge < -0.3 is 11.1 Å². The molecule has 0 amide bonds. The standard InChI is InChI=1S/C3H9N.C2H7N.C2H6/c1-3-4-2;1-2-3;1-2/h4H,3H2,1-2H3;2-3H2,1H3;1-2H3. The van der Waals surface area contributed by atoms with Crippen molar-refractivity contribution in [3.63, 3.8) is 0 Å². The van der Waals surface area contributed by atoms with Crippen molar-refractivity contribution in [3.8, 4) is 0 Å². The van der Waals surface area contributed by atoms with Crippen LogP contribution in [-0.2, 0) is 0 Å². The summed E-state index contributed by atoms with van der Waals surface area (Å²) in [5.74, 6) is 0. The van der Waals surface area contributed by atoms with E-state index in [9.17, 15) is 0 Å². The van der Waals surface area contributed by atoms with Crippen molar-refractivity contribution >= 4 is 0 Å². The zero-order valence-electron chi connectivity index (χ0n) is 7.49. The Morgan fingerprint density at radius 2 is 1.33 bits per heavy atom. The monoisotopic (exact) mass is 134 g/mol. The second-order valence-corrected chi connectivity index (χ2v) is 1.12. The van der Waals surface area contributed by atoms with Crippen molar-refractivity contribution in [2.24, 2.45) is 5.73 Å². The zero-order valence-corrected chi connectivity index (χ0v) is 7.49. The normalized spacial score (nSPS) is 6.00. The van der Waals surface area contributed by atoms with Gasteiger partial charge in [-0.25, -0.2) is 0 Å². The minimum Gasteiger partial charge on any atom is -0.331 e. The lowest BCUT2D eigenvalue weighted by molar-refractivity contribution is 0.864. The number of hydrogen-bond acceptors (Lipinski definition) is 2. The fourth-order valence-corrected chi connectivity index (χ4v) is 0. The van der Waals surface area contributed by atoms with Crippen molar-refractivity contribution in [2.75, 3.05) is 20.1 Å². The molecule has 0 aliphatic heterocycles. The molecule has 0 atom stereocenters. The molecule has 2 heteroatoms. The third-order valence-corrected chi connectivity index (χ3v) is 0.354. The topological polar surface area (TPSA) is 38.0 Å². The third-order valence-electron chi connectivity index (χ3n) is 0.354. The van der Waals surface area contributed by atoms with Gasteiger partial charge in [-0.05, 0) is 20.1 Å². The number of hydrogen-bond donors (Lipinski definition) is 2. The molecule has 9 heavy (non-hydrogen) atoms. The van der Waals surface area contributed by atoms with Gasteiger partial charge in [0.2, 0.25) is 0 Å². The first-order valence-corrected chi connectivity index (χ1v) is 3.68. The molecule has 0 heterocycles. The van der Waals surface area contributed by atoms with Gasteiger partial charge in [0.05, 0.1) is 0 Å². The molecule has 0 bridgehead atoms. The van der Waals surface area contributed by atoms with Gasteiger partial charge in [-0.15, -0.1) is 0 Å². The van der Waals surface area contributed by atoms with Crippen LogP contribution < -0.4 is 11.1 Å². The van der Waals surface area contributed by atoms with Gasteiger partial charge in [0.15, 0.2) is 0 Å². The predicted octanol–water partition coefficient (Wildman–Crippen LogP) is 1.22. The molecule has 0 aromatic carbocycles. The molecule has 0 aliphatic rings. The molecule has 0 spiro atoms. The highest BCUT2D eigenvalue weighted by atomic mass is 14.8. The van der Waals surface area contributed by atoms with Crippen LogP contribution in [0.25, 0.3) is 0 Å². The molecule has 0 saturated carbocycles. The molecule has 0 aliphatic carbocycles. The van der Waals surface area contributed by atoms with Crippen LogP contribution in [0.4, 0.5) is 0 Å². The van der Waals surface area contributed by atoms with Crippen LogP contribution in [-0.4, -0.2) is 20.1 Å². The first-order chi connectivity index (χ1) is 4.33. The number of nitrogens with one attached hydrogen (secondary N) is 1. The highest BCUT2D eigenvalue weighted by Gasteiger charge is 1.50. The highest BCUT2D eigenvalue weighted by Crippen LogP contribution is 1.34. The molecule has 0 aromatic heterocycles. The van der Waals surface area contributed by atoms with Gasteiger partial charge >= 0.3 is 0 Å². The van der Waals surface area contributed by atoms with Crippen molar-refractivity contribution < 1.29 is 0 Å². The summed E-state index contributed by atoms with van der Waals surface area (Å²) in [5.41, 5.74) is 4.85. The third kappa shape index (κ3) is 328. The maximum Gasteiger partial charge on any atom is -0.00804 e. The maximum atomic E-state index is 4.85. The smallest absolute Gasteiger partial charge is 0.00804 e. The van der Waals surface area contributed by atoms with Gasteiger partial charge in [0.1, 0.15) is 0 Å². The molecule has 3 N–H and O–H groups in total. The van der Waals surface area contributed by atoms with E-state index in [4.69, 9.17) is 5.73 Å². The molecule has 0 unspecified atom stereocenters. The van der Waals surface area contributed by atoms with Gasteiger partial charge in [0.25, 0.3) is 0 Å². The Hall–Kier alpha value is -0.0800. The average Bonchev–Trinajstić information content (AvgIpc) is 1.94. The van der Waals surface area contributed by atoms with Crippen molar-refractivity contribution in [2.45, 2.75) is 27.7 Å². The van der Waals surface area contributed by atoms with E-state index in [0.717, 1.165) is 13.1 Å².